The Morgan fingerprint density at radius 2 is 1.93 bits per heavy atom. The number of aliphatic hydroxyl groups excluding tert-OH is 1. The molecule has 238 valence electrons. The molecule has 1 amide bonds. The van der Waals surface area contributed by atoms with Gasteiger partial charge < -0.3 is 34.0 Å². The number of methoxy groups -OCH3 is 1. The normalized spacial score (nSPS) is 23.3. The molecule has 7 rings (SSSR count). The molecule has 1 spiro atoms. The van der Waals surface area contributed by atoms with Crippen LogP contribution in [0.2, 0.25) is 0 Å². The number of esters is 1. The smallest absolute Gasteiger partial charge is 0.311 e. The molecule has 3 N–H and O–H groups in total. The SMILES string of the molecule is COC(=O)Cc1coc(-c2nc3oc2[C@@]24c5ccccc5NC2Oc2ccc(cc24)CC(CC(=O)[C@@H](O)C(C)C)C(=O)N[C@H]3C)n1. The highest BCUT2D eigenvalue weighted by Crippen LogP contribution is 2.59. The van der Waals surface area contributed by atoms with Gasteiger partial charge in [0.2, 0.25) is 17.7 Å². The van der Waals surface area contributed by atoms with E-state index in [1.807, 2.05) is 42.5 Å². The van der Waals surface area contributed by atoms with Crippen molar-refractivity contribution >= 4 is 23.3 Å². The van der Waals surface area contributed by atoms with E-state index in [1.54, 1.807) is 20.8 Å². The van der Waals surface area contributed by atoms with Crippen molar-refractivity contribution in [3.05, 3.63) is 82.8 Å². The van der Waals surface area contributed by atoms with Crippen LogP contribution in [0.3, 0.4) is 0 Å². The molecule has 3 aliphatic heterocycles. The summed E-state index contributed by atoms with van der Waals surface area (Å²) in [4.78, 5) is 48.2. The second-order valence-electron chi connectivity index (χ2n) is 12.4. The van der Waals surface area contributed by atoms with Gasteiger partial charge in [-0.3, -0.25) is 14.4 Å². The van der Waals surface area contributed by atoms with Crippen LogP contribution in [0.1, 0.15) is 67.3 Å². The number of ketones is 1. The minimum absolute atomic E-state index is 0.0917. The number of oxazole rings is 2. The number of carbonyl (C=O) groups excluding carboxylic acids is 3. The Kier molecular flexibility index (Phi) is 7.19. The van der Waals surface area contributed by atoms with E-state index in [9.17, 15) is 19.5 Å². The average Bonchev–Trinajstić information content (AvgIpc) is 3.81. The van der Waals surface area contributed by atoms with E-state index < -0.39 is 41.5 Å². The summed E-state index contributed by atoms with van der Waals surface area (Å²) < 4.78 is 23.9. The summed E-state index contributed by atoms with van der Waals surface area (Å²) in [7, 11) is 1.30. The Labute approximate surface area is 264 Å². The Bertz CT molecular complexity index is 1860. The Balaban J connectivity index is 1.42. The lowest BCUT2D eigenvalue weighted by atomic mass is 9.72. The number of anilines is 1. The maximum absolute atomic E-state index is 13.7. The Morgan fingerprint density at radius 3 is 2.72 bits per heavy atom. The van der Waals surface area contributed by atoms with Gasteiger partial charge in [-0.25, -0.2) is 9.97 Å². The highest BCUT2D eigenvalue weighted by atomic mass is 16.5. The van der Waals surface area contributed by atoms with Crippen molar-refractivity contribution in [1.82, 2.24) is 15.3 Å². The Morgan fingerprint density at radius 1 is 1.13 bits per heavy atom. The largest absolute Gasteiger partial charge is 0.469 e. The van der Waals surface area contributed by atoms with Gasteiger partial charge in [0, 0.05) is 23.6 Å². The molecule has 4 bridgehead atoms. The number of nitrogens with one attached hydrogen (secondary N) is 2. The van der Waals surface area contributed by atoms with Gasteiger partial charge in [-0.15, -0.1) is 0 Å². The molecule has 0 saturated carbocycles. The lowest BCUT2D eigenvalue weighted by molar-refractivity contribution is -0.139. The standard InChI is InChI=1S/C34H34N4O8/c1-16(2)28(41)24(39)13-19-11-18-9-10-25-22(12-18)34(21-7-5-6-8-23(21)37-33(34)45-25)29-27(38-31(46-29)17(3)35-30(19)42)32-36-20(15-44-32)14-26(40)43-4/h5-10,12,15-17,19,28,33,37,41H,11,13-14H2,1-4H3,(H,35,42)/t17-,19?,28-,33?,34-/m0/s1. The van der Waals surface area contributed by atoms with Crippen molar-refractivity contribution in [1.29, 1.82) is 0 Å². The van der Waals surface area contributed by atoms with Crippen LogP contribution in [0.25, 0.3) is 11.6 Å². The van der Waals surface area contributed by atoms with Gasteiger partial charge >= 0.3 is 5.97 Å². The van der Waals surface area contributed by atoms with E-state index in [1.165, 1.54) is 13.4 Å². The number of ether oxygens (including phenoxy) is 2. The molecular formula is C34H34N4O8. The molecule has 0 radical (unpaired) electrons. The number of nitrogens with zero attached hydrogens (tertiary/aromatic N) is 2. The van der Waals surface area contributed by atoms with Gasteiger partial charge in [0.1, 0.15) is 29.6 Å². The molecule has 12 heteroatoms. The van der Waals surface area contributed by atoms with Crippen molar-refractivity contribution in [2.75, 3.05) is 12.4 Å². The molecular weight excluding hydrogens is 592 g/mol. The quantitative estimate of drug-likeness (QED) is 0.255. The highest BCUT2D eigenvalue weighted by Gasteiger charge is 2.61. The fourth-order valence-corrected chi connectivity index (χ4v) is 6.67. The lowest BCUT2D eigenvalue weighted by Crippen LogP contribution is -2.40. The van der Waals surface area contributed by atoms with Crippen LogP contribution in [0.4, 0.5) is 5.69 Å². The van der Waals surface area contributed by atoms with Crippen LogP contribution in [0.15, 0.2) is 57.6 Å². The van der Waals surface area contributed by atoms with E-state index in [-0.39, 0.29) is 42.9 Å². The fraction of sp³-hybridized carbons (Fsp3) is 0.382. The lowest BCUT2D eigenvalue weighted by Gasteiger charge is -2.28. The highest BCUT2D eigenvalue weighted by molar-refractivity contribution is 5.89. The predicted octanol–water partition coefficient (Wildman–Crippen LogP) is 3.85. The molecule has 0 aliphatic carbocycles. The number of amides is 1. The molecule has 3 aliphatic rings. The van der Waals surface area contributed by atoms with Crippen LogP contribution in [0.5, 0.6) is 5.75 Å². The number of para-hydroxylation sites is 1. The number of rotatable bonds is 7. The molecule has 5 heterocycles. The first kappa shape index (κ1) is 29.7. The van der Waals surface area contributed by atoms with Gasteiger partial charge in [-0.1, -0.05) is 44.2 Å². The zero-order valence-electron chi connectivity index (χ0n) is 25.8. The zero-order chi connectivity index (χ0) is 32.3. The van der Waals surface area contributed by atoms with E-state index in [2.05, 4.69) is 15.6 Å². The van der Waals surface area contributed by atoms with Crippen LogP contribution >= 0.6 is 0 Å². The second-order valence-corrected chi connectivity index (χ2v) is 12.4. The molecule has 2 unspecified atom stereocenters. The maximum atomic E-state index is 13.7. The molecule has 0 fully saturated rings. The summed E-state index contributed by atoms with van der Waals surface area (Å²) in [6, 6.07) is 12.9. The summed E-state index contributed by atoms with van der Waals surface area (Å²) >= 11 is 0. The third-order valence-corrected chi connectivity index (χ3v) is 9.05. The first-order valence-corrected chi connectivity index (χ1v) is 15.3. The summed E-state index contributed by atoms with van der Waals surface area (Å²) in [5, 5.41) is 17.0. The average molecular weight is 627 g/mol. The third kappa shape index (κ3) is 4.66. The van der Waals surface area contributed by atoms with Crippen molar-refractivity contribution in [2.45, 2.75) is 63.8 Å². The van der Waals surface area contributed by atoms with Crippen LogP contribution < -0.4 is 15.4 Å². The monoisotopic (exact) mass is 626 g/mol. The van der Waals surface area contributed by atoms with E-state index >= 15 is 0 Å². The fourth-order valence-electron chi connectivity index (χ4n) is 6.67. The number of aliphatic hydroxyl groups is 1. The molecule has 12 nitrogen and oxygen atoms in total. The number of hydrogen-bond donors (Lipinski definition) is 3. The summed E-state index contributed by atoms with van der Waals surface area (Å²) in [6.07, 6.45) is -0.383. The van der Waals surface area contributed by atoms with Gasteiger partial charge in [-0.05, 0) is 42.5 Å². The first-order chi connectivity index (χ1) is 22.1. The molecule has 5 atom stereocenters. The van der Waals surface area contributed by atoms with Gasteiger partial charge in [0.05, 0.1) is 19.2 Å². The van der Waals surface area contributed by atoms with Crippen LogP contribution in [-0.2, 0) is 37.4 Å². The van der Waals surface area contributed by atoms with Crippen molar-refractivity contribution in [3.63, 3.8) is 0 Å². The molecule has 46 heavy (non-hydrogen) atoms. The van der Waals surface area contributed by atoms with Gasteiger partial charge in [0.25, 0.3) is 0 Å². The summed E-state index contributed by atoms with van der Waals surface area (Å²) in [6.45, 7) is 5.27. The van der Waals surface area contributed by atoms with Crippen molar-refractivity contribution in [2.24, 2.45) is 11.8 Å². The van der Waals surface area contributed by atoms with E-state index in [0.717, 1.165) is 22.4 Å². The van der Waals surface area contributed by atoms with Crippen molar-refractivity contribution in [3.8, 4) is 17.3 Å². The summed E-state index contributed by atoms with van der Waals surface area (Å²) in [5.74, 6) is -0.918. The van der Waals surface area contributed by atoms with E-state index in [0.29, 0.717) is 22.9 Å². The van der Waals surface area contributed by atoms with Gasteiger partial charge in [0.15, 0.2) is 23.5 Å². The predicted molar refractivity (Wildman–Crippen MR) is 163 cm³/mol. The minimum Gasteiger partial charge on any atom is -0.469 e. The molecule has 2 aromatic carbocycles. The second kappa shape index (κ2) is 11.1. The number of fused-ring (bicyclic) bond motifs is 4. The zero-order valence-corrected chi connectivity index (χ0v) is 25.8. The maximum Gasteiger partial charge on any atom is 0.311 e. The third-order valence-electron chi connectivity index (χ3n) is 9.05. The first-order valence-electron chi connectivity index (χ1n) is 15.3. The number of Topliss-reactive ketones (excluding diaryl/α,β-unsaturated/α-hetero) is 1. The molecule has 2 aromatic heterocycles. The molecule has 4 aromatic rings. The number of hydrogen-bond acceptors (Lipinski definition) is 11. The summed E-state index contributed by atoms with van der Waals surface area (Å²) in [5.41, 5.74) is 2.96. The Hall–Kier alpha value is -4.97. The topological polar surface area (TPSA) is 166 Å². The van der Waals surface area contributed by atoms with Crippen LogP contribution in [0, 0.1) is 11.8 Å². The molecule has 0 saturated heterocycles. The van der Waals surface area contributed by atoms with Gasteiger partial charge in [-0.2, -0.15) is 0 Å². The number of carbonyl (C=O) groups is 3. The van der Waals surface area contributed by atoms with Crippen molar-refractivity contribution < 1.29 is 37.8 Å². The van der Waals surface area contributed by atoms with Crippen LogP contribution in [-0.4, -0.2) is 52.2 Å². The van der Waals surface area contributed by atoms with E-state index in [4.69, 9.17) is 23.3 Å². The number of benzene rings is 2. The minimum atomic E-state index is -1.17. The number of aromatic nitrogens is 2.